The van der Waals surface area contributed by atoms with Crippen molar-refractivity contribution in [3.05, 3.63) is 21.9 Å². The summed E-state index contributed by atoms with van der Waals surface area (Å²) >= 11 is 1.81. The van der Waals surface area contributed by atoms with Crippen LogP contribution >= 0.6 is 11.3 Å². The number of carbonyl (C=O) groups is 1. The second-order valence-corrected chi connectivity index (χ2v) is 4.72. The van der Waals surface area contributed by atoms with Gasteiger partial charge < -0.3 is 10.2 Å². The number of rotatable bonds is 1. The Bertz CT molecular complexity index is 361. The van der Waals surface area contributed by atoms with E-state index < -0.39 is 0 Å². The Morgan fingerprint density at radius 2 is 2.53 bits per heavy atom. The van der Waals surface area contributed by atoms with E-state index in [2.05, 4.69) is 23.7 Å². The van der Waals surface area contributed by atoms with Crippen molar-refractivity contribution >= 4 is 17.4 Å². The van der Waals surface area contributed by atoms with Crippen LogP contribution in [0.25, 0.3) is 0 Å². The van der Waals surface area contributed by atoms with Crippen LogP contribution in [0.1, 0.15) is 29.8 Å². The fourth-order valence-corrected chi connectivity index (χ4v) is 3.15. The first-order chi connectivity index (χ1) is 7.27. The van der Waals surface area contributed by atoms with E-state index in [9.17, 15) is 4.79 Å². The van der Waals surface area contributed by atoms with Crippen LogP contribution in [0.5, 0.6) is 0 Å². The van der Waals surface area contributed by atoms with Crippen molar-refractivity contribution < 1.29 is 4.79 Å². The van der Waals surface area contributed by atoms with Crippen LogP contribution in [0.15, 0.2) is 11.4 Å². The molecule has 82 valence electrons. The number of urea groups is 1. The summed E-state index contributed by atoms with van der Waals surface area (Å²) < 4.78 is 0. The predicted octanol–water partition coefficient (Wildman–Crippen LogP) is 2.40. The van der Waals surface area contributed by atoms with Crippen molar-refractivity contribution in [2.24, 2.45) is 0 Å². The number of hydrogen-bond donors (Lipinski definition) is 1. The molecule has 0 fully saturated rings. The molecular weight excluding hydrogens is 208 g/mol. The van der Waals surface area contributed by atoms with Gasteiger partial charge in [-0.15, -0.1) is 11.3 Å². The zero-order valence-electron chi connectivity index (χ0n) is 9.12. The Labute approximate surface area is 94.1 Å². The van der Waals surface area contributed by atoms with E-state index in [-0.39, 0.29) is 12.1 Å². The molecule has 0 aliphatic carbocycles. The zero-order chi connectivity index (χ0) is 10.8. The number of carbonyl (C=O) groups excluding carboxylic acids is 1. The van der Waals surface area contributed by atoms with Gasteiger partial charge in [0.2, 0.25) is 0 Å². The zero-order valence-corrected chi connectivity index (χ0v) is 9.93. The third kappa shape index (κ3) is 1.74. The highest BCUT2D eigenvalue weighted by molar-refractivity contribution is 7.10. The maximum atomic E-state index is 11.7. The molecule has 2 rings (SSSR count). The van der Waals surface area contributed by atoms with Crippen molar-refractivity contribution in [1.29, 1.82) is 0 Å². The molecule has 3 nitrogen and oxygen atoms in total. The topological polar surface area (TPSA) is 32.3 Å². The maximum absolute atomic E-state index is 11.7. The van der Waals surface area contributed by atoms with Crippen LogP contribution in [-0.2, 0) is 6.42 Å². The Hall–Kier alpha value is -1.03. The molecule has 1 aliphatic rings. The lowest BCUT2D eigenvalue weighted by Gasteiger charge is -2.35. The molecule has 0 bridgehead atoms. The van der Waals surface area contributed by atoms with Gasteiger partial charge in [0.05, 0.1) is 6.04 Å². The molecule has 1 atom stereocenters. The van der Waals surface area contributed by atoms with Crippen LogP contribution in [0.2, 0.25) is 0 Å². The second kappa shape index (κ2) is 4.23. The van der Waals surface area contributed by atoms with Gasteiger partial charge in [-0.1, -0.05) is 6.92 Å². The minimum absolute atomic E-state index is 0.0405. The third-order valence-corrected chi connectivity index (χ3v) is 3.95. The number of fused-ring (bicyclic) bond motifs is 1. The molecule has 0 spiro atoms. The van der Waals surface area contributed by atoms with Gasteiger partial charge in [-0.3, -0.25) is 0 Å². The van der Waals surface area contributed by atoms with Crippen molar-refractivity contribution in [2.45, 2.75) is 25.8 Å². The van der Waals surface area contributed by atoms with Gasteiger partial charge in [-0.2, -0.15) is 0 Å². The van der Waals surface area contributed by atoms with Gasteiger partial charge in [0.15, 0.2) is 0 Å². The van der Waals surface area contributed by atoms with Crippen molar-refractivity contribution in [2.75, 3.05) is 13.6 Å². The second-order valence-electron chi connectivity index (χ2n) is 3.72. The molecule has 2 amide bonds. The van der Waals surface area contributed by atoms with Crippen molar-refractivity contribution in [3.63, 3.8) is 0 Å². The average molecular weight is 224 g/mol. The molecule has 0 saturated carbocycles. The van der Waals surface area contributed by atoms with Crippen LogP contribution in [-0.4, -0.2) is 24.5 Å². The molecule has 1 aromatic rings. The van der Waals surface area contributed by atoms with E-state index in [1.165, 1.54) is 10.4 Å². The fraction of sp³-hybridized carbons (Fsp3) is 0.545. The fourth-order valence-electron chi connectivity index (χ4n) is 2.22. The van der Waals surface area contributed by atoms with Gasteiger partial charge in [0.1, 0.15) is 0 Å². The number of nitrogens with zero attached hydrogens (tertiary/aromatic N) is 1. The van der Waals surface area contributed by atoms with Gasteiger partial charge >= 0.3 is 6.03 Å². The summed E-state index contributed by atoms with van der Waals surface area (Å²) in [5.74, 6) is 0. The van der Waals surface area contributed by atoms with E-state index in [0.29, 0.717) is 0 Å². The lowest BCUT2D eigenvalue weighted by Crippen LogP contribution is -2.43. The van der Waals surface area contributed by atoms with Crippen molar-refractivity contribution in [1.82, 2.24) is 10.2 Å². The Balaban J connectivity index is 2.28. The summed E-state index contributed by atoms with van der Waals surface area (Å²) in [5, 5.41) is 4.84. The molecule has 0 unspecified atom stereocenters. The summed E-state index contributed by atoms with van der Waals surface area (Å²) in [5.41, 5.74) is 1.34. The van der Waals surface area contributed by atoms with E-state index in [4.69, 9.17) is 0 Å². The highest BCUT2D eigenvalue weighted by Crippen LogP contribution is 2.34. The lowest BCUT2D eigenvalue weighted by atomic mass is 9.98. The molecule has 1 aromatic heterocycles. The summed E-state index contributed by atoms with van der Waals surface area (Å²) in [6.07, 6.45) is 1.98. The SMILES string of the molecule is CC[C@H]1c2ccsc2CCN1C(=O)NC. The molecule has 1 N–H and O–H groups in total. The minimum Gasteiger partial charge on any atom is -0.341 e. The molecule has 0 saturated heterocycles. The average Bonchev–Trinajstić information content (AvgIpc) is 2.74. The van der Waals surface area contributed by atoms with Crippen LogP contribution in [0.4, 0.5) is 4.79 Å². The quantitative estimate of drug-likeness (QED) is 0.780. The standard InChI is InChI=1S/C11H16N2OS/c1-3-9-8-5-7-15-10(8)4-6-13(9)11(14)12-2/h5,7,9H,3-4,6H2,1-2H3,(H,12,14)/t9-/m0/s1. The number of amides is 2. The maximum Gasteiger partial charge on any atom is 0.317 e. The molecular formula is C11H16N2OS. The molecule has 0 aromatic carbocycles. The lowest BCUT2D eigenvalue weighted by molar-refractivity contribution is 0.170. The van der Waals surface area contributed by atoms with Crippen molar-refractivity contribution in [3.8, 4) is 0 Å². The first kappa shape index (κ1) is 10.5. The Morgan fingerprint density at radius 3 is 3.20 bits per heavy atom. The monoisotopic (exact) mass is 224 g/mol. The van der Waals surface area contributed by atoms with E-state index in [0.717, 1.165) is 19.4 Å². The number of hydrogen-bond acceptors (Lipinski definition) is 2. The highest BCUT2D eigenvalue weighted by Gasteiger charge is 2.29. The molecule has 4 heteroatoms. The molecule has 2 heterocycles. The minimum atomic E-state index is 0.0405. The summed E-state index contributed by atoms with van der Waals surface area (Å²) in [6.45, 7) is 2.97. The van der Waals surface area contributed by atoms with Gasteiger partial charge in [-0.05, 0) is 29.9 Å². The van der Waals surface area contributed by atoms with E-state index >= 15 is 0 Å². The third-order valence-electron chi connectivity index (χ3n) is 2.96. The van der Waals surface area contributed by atoms with Crippen LogP contribution < -0.4 is 5.32 Å². The number of thiophene rings is 1. The summed E-state index contributed by atoms with van der Waals surface area (Å²) in [6, 6.07) is 2.46. The Morgan fingerprint density at radius 1 is 1.73 bits per heavy atom. The van der Waals surface area contributed by atoms with Crippen LogP contribution in [0.3, 0.4) is 0 Å². The predicted molar refractivity (Wildman–Crippen MR) is 62.2 cm³/mol. The smallest absolute Gasteiger partial charge is 0.317 e. The molecule has 15 heavy (non-hydrogen) atoms. The first-order valence-electron chi connectivity index (χ1n) is 5.32. The summed E-state index contributed by atoms with van der Waals surface area (Å²) in [7, 11) is 1.69. The normalized spacial score (nSPS) is 19.9. The molecule has 0 radical (unpaired) electrons. The first-order valence-corrected chi connectivity index (χ1v) is 6.20. The van der Waals surface area contributed by atoms with E-state index in [1.54, 1.807) is 7.05 Å². The highest BCUT2D eigenvalue weighted by atomic mass is 32.1. The number of nitrogens with one attached hydrogen (secondary N) is 1. The van der Waals surface area contributed by atoms with E-state index in [1.807, 2.05) is 16.2 Å². The van der Waals surface area contributed by atoms with Gasteiger partial charge in [0, 0.05) is 18.5 Å². The molecule has 1 aliphatic heterocycles. The van der Waals surface area contributed by atoms with Gasteiger partial charge in [-0.25, -0.2) is 4.79 Å². The largest absolute Gasteiger partial charge is 0.341 e. The van der Waals surface area contributed by atoms with Gasteiger partial charge in [0.25, 0.3) is 0 Å². The van der Waals surface area contributed by atoms with Crippen LogP contribution in [0, 0.1) is 0 Å². The summed E-state index contributed by atoms with van der Waals surface area (Å²) in [4.78, 5) is 15.1. The Kier molecular flexibility index (Phi) is 2.95.